The van der Waals surface area contributed by atoms with E-state index < -0.39 is 39.1 Å². The number of rotatable bonds is 9. The van der Waals surface area contributed by atoms with Gasteiger partial charge in [-0.3, -0.25) is 4.79 Å². The van der Waals surface area contributed by atoms with E-state index in [2.05, 4.69) is 5.32 Å². The van der Waals surface area contributed by atoms with Crippen molar-refractivity contribution >= 4 is 15.9 Å². The van der Waals surface area contributed by atoms with Crippen molar-refractivity contribution in [1.82, 2.24) is 10.0 Å². The van der Waals surface area contributed by atoms with Gasteiger partial charge in [-0.2, -0.15) is 13.2 Å². The van der Waals surface area contributed by atoms with Crippen LogP contribution in [0.15, 0.2) is 41.3 Å². The van der Waals surface area contributed by atoms with Crippen LogP contribution in [0.25, 0.3) is 0 Å². The molecule has 8 nitrogen and oxygen atoms in total. The van der Waals surface area contributed by atoms with Gasteiger partial charge in [-0.25, -0.2) is 13.1 Å². The van der Waals surface area contributed by atoms with Crippen LogP contribution in [0, 0.1) is 0 Å². The summed E-state index contributed by atoms with van der Waals surface area (Å²) in [5, 5.41) is 2.50. The van der Waals surface area contributed by atoms with Crippen molar-refractivity contribution in [3.05, 3.63) is 47.5 Å². The van der Waals surface area contributed by atoms with Crippen LogP contribution in [0.3, 0.4) is 0 Å². The Morgan fingerprint density at radius 3 is 2.13 bits per heavy atom. The summed E-state index contributed by atoms with van der Waals surface area (Å²) in [6.45, 7) is -0.649. The lowest BCUT2D eigenvalue weighted by Gasteiger charge is -2.14. The largest absolute Gasteiger partial charge is 0.493 e. The smallest absolute Gasteiger partial charge is 0.416 e. The minimum Gasteiger partial charge on any atom is -0.493 e. The number of sulfonamides is 1. The molecule has 0 fully saturated rings. The SMILES string of the molecule is COc1cc(CNC(=O)CNS(=O)(=O)c2cccc(C(F)(F)F)c2)cc(OC)c1OC. The lowest BCUT2D eigenvalue weighted by molar-refractivity contribution is -0.137. The first-order chi connectivity index (χ1) is 14.5. The lowest BCUT2D eigenvalue weighted by atomic mass is 10.1. The molecule has 0 aliphatic rings. The Morgan fingerprint density at radius 1 is 1.00 bits per heavy atom. The minimum atomic E-state index is -4.69. The number of halogens is 3. The fourth-order valence-electron chi connectivity index (χ4n) is 2.58. The molecule has 1 amide bonds. The number of methoxy groups -OCH3 is 3. The van der Waals surface area contributed by atoms with Crippen molar-refractivity contribution in [2.75, 3.05) is 27.9 Å². The topological polar surface area (TPSA) is 103 Å². The fraction of sp³-hybridized carbons (Fsp3) is 0.316. The summed E-state index contributed by atoms with van der Waals surface area (Å²) in [5.41, 5.74) is -0.522. The number of amides is 1. The predicted octanol–water partition coefficient (Wildman–Crippen LogP) is 2.33. The van der Waals surface area contributed by atoms with E-state index in [0.29, 0.717) is 28.9 Å². The van der Waals surface area contributed by atoms with Crippen LogP contribution in [-0.2, 0) is 27.5 Å². The van der Waals surface area contributed by atoms with Gasteiger partial charge < -0.3 is 19.5 Å². The van der Waals surface area contributed by atoms with Crippen molar-refractivity contribution in [2.24, 2.45) is 0 Å². The second-order valence-electron chi connectivity index (χ2n) is 6.16. The third-order valence-corrected chi connectivity index (χ3v) is 5.51. The van der Waals surface area contributed by atoms with Gasteiger partial charge in [-0.1, -0.05) is 6.07 Å². The van der Waals surface area contributed by atoms with Gasteiger partial charge in [0.1, 0.15) is 0 Å². The number of carbonyl (C=O) groups is 1. The summed E-state index contributed by atoms with van der Waals surface area (Å²) in [5.74, 6) is 0.422. The van der Waals surface area contributed by atoms with Crippen LogP contribution in [0.1, 0.15) is 11.1 Å². The average Bonchev–Trinajstić information content (AvgIpc) is 2.74. The summed E-state index contributed by atoms with van der Waals surface area (Å²) in [6.07, 6.45) is -4.69. The van der Waals surface area contributed by atoms with Gasteiger partial charge in [-0.15, -0.1) is 0 Å². The molecule has 0 spiro atoms. The predicted molar refractivity (Wildman–Crippen MR) is 105 cm³/mol. The highest BCUT2D eigenvalue weighted by Crippen LogP contribution is 2.38. The Kier molecular flexibility index (Phi) is 7.74. The van der Waals surface area contributed by atoms with Crippen LogP contribution in [0.4, 0.5) is 13.2 Å². The first-order valence-electron chi connectivity index (χ1n) is 8.74. The molecule has 0 aromatic heterocycles. The second kappa shape index (κ2) is 9.88. The molecule has 0 radical (unpaired) electrons. The van der Waals surface area contributed by atoms with Gasteiger partial charge in [0.15, 0.2) is 11.5 Å². The maximum absolute atomic E-state index is 12.8. The number of ether oxygens (including phenoxy) is 3. The molecule has 0 saturated heterocycles. The number of alkyl halides is 3. The number of carbonyl (C=O) groups excluding carboxylic acids is 1. The van der Waals surface area contributed by atoms with E-state index in [-0.39, 0.29) is 6.54 Å². The zero-order valence-corrected chi connectivity index (χ0v) is 17.7. The van der Waals surface area contributed by atoms with Crippen molar-refractivity contribution in [2.45, 2.75) is 17.6 Å². The van der Waals surface area contributed by atoms with E-state index in [9.17, 15) is 26.4 Å². The van der Waals surface area contributed by atoms with E-state index in [4.69, 9.17) is 14.2 Å². The van der Waals surface area contributed by atoms with E-state index in [1.54, 1.807) is 12.1 Å². The zero-order valence-electron chi connectivity index (χ0n) is 16.9. The maximum atomic E-state index is 12.8. The summed E-state index contributed by atoms with van der Waals surface area (Å²) >= 11 is 0. The van der Waals surface area contributed by atoms with Crippen LogP contribution < -0.4 is 24.2 Å². The molecule has 0 atom stereocenters. The standard InChI is InChI=1S/C19H21F3N2O6S/c1-28-15-7-12(8-16(29-2)18(15)30-3)10-23-17(25)11-24-31(26,27)14-6-4-5-13(9-14)19(20,21)22/h4-9,24H,10-11H2,1-3H3,(H,23,25). The number of hydrogen-bond donors (Lipinski definition) is 2. The minimum absolute atomic E-state index is 0.0147. The number of benzene rings is 2. The van der Waals surface area contributed by atoms with E-state index >= 15 is 0 Å². The van der Waals surface area contributed by atoms with Crippen molar-refractivity contribution in [3.8, 4) is 17.2 Å². The summed E-state index contributed by atoms with van der Waals surface area (Å²) in [4.78, 5) is 11.4. The van der Waals surface area contributed by atoms with Crippen LogP contribution in [-0.4, -0.2) is 42.2 Å². The van der Waals surface area contributed by atoms with Gasteiger partial charge in [0.05, 0.1) is 38.3 Å². The molecular weight excluding hydrogens is 441 g/mol. The quantitative estimate of drug-likeness (QED) is 0.593. The van der Waals surface area contributed by atoms with E-state index in [1.807, 2.05) is 4.72 Å². The first kappa shape index (κ1) is 24.3. The van der Waals surface area contributed by atoms with Gasteiger partial charge in [0.25, 0.3) is 0 Å². The Morgan fingerprint density at radius 2 is 1.61 bits per heavy atom. The molecule has 0 aliphatic carbocycles. The van der Waals surface area contributed by atoms with Crippen LogP contribution >= 0.6 is 0 Å². The molecule has 12 heteroatoms. The Labute approximate surface area is 177 Å². The highest BCUT2D eigenvalue weighted by molar-refractivity contribution is 7.89. The molecule has 2 N–H and O–H groups in total. The Bertz CT molecular complexity index is 1020. The van der Waals surface area contributed by atoms with Gasteiger partial charge in [0, 0.05) is 6.54 Å². The summed E-state index contributed by atoms with van der Waals surface area (Å²) in [6, 6.07) is 6.44. The zero-order chi connectivity index (χ0) is 23.2. The van der Waals surface area contributed by atoms with Gasteiger partial charge in [0.2, 0.25) is 21.7 Å². The number of nitrogens with one attached hydrogen (secondary N) is 2. The molecule has 2 aromatic carbocycles. The number of hydrogen-bond acceptors (Lipinski definition) is 6. The fourth-order valence-corrected chi connectivity index (χ4v) is 3.61. The van der Waals surface area contributed by atoms with E-state index in [0.717, 1.165) is 18.2 Å². The summed E-state index contributed by atoms with van der Waals surface area (Å²) < 4.78 is 80.4. The first-order valence-corrected chi connectivity index (χ1v) is 10.2. The molecule has 2 rings (SSSR count). The molecule has 0 saturated carbocycles. The molecule has 0 bridgehead atoms. The molecule has 0 unspecified atom stereocenters. The van der Waals surface area contributed by atoms with Gasteiger partial charge >= 0.3 is 6.18 Å². The highest BCUT2D eigenvalue weighted by atomic mass is 32.2. The molecule has 2 aromatic rings. The third kappa shape index (κ3) is 6.25. The normalized spacial score (nSPS) is 11.7. The Hall–Kier alpha value is -2.99. The maximum Gasteiger partial charge on any atom is 0.416 e. The molecule has 170 valence electrons. The van der Waals surface area contributed by atoms with Crippen molar-refractivity contribution in [1.29, 1.82) is 0 Å². The molecule has 31 heavy (non-hydrogen) atoms. The second-order valence-corrected chi connectivity index (χ2v) is 7.93. The summed E-state index contributed by atoms with van der Waals surface area (Å²) in [7, 11) is -0.0105. The van der Waals surface area contributed by atoms with Crippen LogP contribution in [0.2, 0.25) is 0 Å². The van der Waals surface area contributed by atoms with Crippen LogP contribution in [0.5, 0.6) is 17.2 Å². The lowest BCUT2D eigenvalue weighted by Crippen LogP contribution is -2.36. The molecule has 0 aliphatic heterocycles. The Balaban J connectivity index is 2.03. The third-order valence-electron chi connectivity index (χ3n) is 4.11. The van der Waals surface area contributed by atoms with Crippen molar-refractivity contribution in [3.63, 3.8) is 0 Å². The molecule has 0 heterocycles. The van der Waals surface area contributed by atoms with Gasteiger partial charge in [-0.05, 0) is 35.9 Å². The van der Waals surface area contributed by atoms with Crippen molar-refractivity contribution < 1.29 is 40.6 Å². The monoisotopic (exact) mass is 462 g/mol. The molecular formula is C19H21F3N2O6S. The highest BCUT2D eigenvalue weighted by Gasteiger charge is 2.31. The van der Waals surface area contributed by atoms with E-state index in [1.165, 1.54) is 21.3 Å². The average molecular weight is 462 g/mol.